The molecule has 0 spiro atoms. The first-order valence-corrected chi connectivity index (χ1v) is 3.96. The number of carbonyl (C=O) groups is 1. The molecule has 70 valence electrons. The van der Waals surface area contributed by atoms with Gasteiger partial charge in [-0.25, -0.2) is 0 Å². The van der Waals surface area contributed by atoms with Crippen LogP contribution in [0.25, 0.3) is 0 Å². The Labute approximate surface area is 76.9 Å². The Balaban J connectivity index is 2.51. The van der Waals surface area contributed by atoms with Crippen molar-refractivity contribution >= 4 is 6.47 Å². The highest BCUT2D eigenvalue weighted by Gasteiger charge is 2.02. The van der Waals surface area contributed by atoms with Crippen molar-refractivity contribution in [2.75, 3.05) is 6.67 Å². The maximum absolute atomic E-state index is 10.0. The molecule has 0 aliphatic heterocycles. The highest BCUT2D eigenvalue weighted by atomic mass is 16.7. The summed E-state index contributed by atoms with van der Waals surface area (Å²) in [5.41, 5.74) is 6.40. The van der Waals surface area contributed by atoms with Crippen molar-refractivity contribution in [1.82, 2.24) is 5.06 Å². The van der Waals surface area contributed by atoms with Crippen molar-refractivity contribution in [3.8, 4) is 0 Å². The molecule has 1 aromatic rings. The summed E-state index contributed by atoms with van der Waals surface area (Å²) in [7, 11) is 0. The minimum Gasteiger partial charge on any atom is -0.369 e. The summed E-state index contributed by atoms with van der Waals surface area (Å²) in [5.74, 6) is 0. The number of hydrogen-bond donors (Lipinski definition) is 1. The van der Waals surface area contributed by atoms with Gasteiger partial charge in [-0.15, -0.1) is 5.06 Å². The Morgan fingerprint density at radius 3 is 2.62 bits per heavy atom. The van der Waals surface area contributed by atoms with Gasteiger partial charge in [0.25, 0.3) is 0 Å². The summed E-state index contributed by atoms with van der Waals surface area (Å²) in [5, 5.41) is 1.38. The fourth-order valence-corrected chi connectivity index (χ4v) is 0.993. The average Bonchev–Trinajstić information content (AvgIpc) is 2.19. The van der Waals surface area contributed by atoms with E-state index in [0.717, 1.165) is 5.56 Å². The topological polar surface area (TPSA) is 55.6 Å². The molecule has 0 amide bonds. The van der Waals surface area contributed by atoms with Crippen LogP contribution >= 0.6 is 0 Å². The molecule has 0 aromatic heterocycles. The fourth-order valence-electron chi connectivity index (χ4n) is 0.993. The molecule has 0 aliphatic carbocycles. The molecule has 0 radical (unpaired) electrons. The van der Waals surface area contributed by atoms with E-state index in [2.05, 4.69) is 4.84 Å². The number of benzene rings is 1. The monoisotopic (exact) mass is 180 g/mol. The lowest BCUT2D eigenvalue weighted by atomic mass is 10.2. The van der Waals surface area contributed by atoms with Gasteiger partial charge in [-0.05, 0) is 5.56 Å². The number of hydrogen-bond acceptors (Lipinski definition) is 4. The predicted octanol–water partition coefficient (Wildman–Crippen LogP) is 0.493. The van der Waals surface area contributed by atoms with E-state index in [4.69, 9.17) is 5.73 Å². The minimum absolute atomic E-state index is 0.188. The lowest BCUT2D eigenvalue weighted by Gasteiger charge is -2.15. The number of nitrogens with zero attached hydrogens (tertiary/aromatic N) is 1. The second kappa shape index (κ2) is 5.29. The van der Waals surface area contributed by atoms with Crippen LogP contribution in [0.3, 0.4) is 0 Å². The van der Waals surface area contributed by atoms with E-state index in [1.54, 1.807) is 0 Å². The molecule has 0 bridgehead atoms. The van der Waals surface area contributed by atoms with E-state index in [1.165, 1.54) is 5.06 Å². The quantitative estimate of drug-likeness (QED) is 0.407. The lowest BCUT2D eigenvalue weighted by molar-refractivity contribution is -0.176. The first-order valence-electron chi connectivity index (χ1n) is 3.96. The third-order valence-corrected chi connectivity index (χ3v) is 1.60. The SMILES string of the molecule is NCN(Cc1ccccc1)OC=O. The minimum atomic E-state index is 0.188. The van der Waals surface area contributed by atoms with Gasteiger partial charge >= 0.3 is 6.47 Å². The molecule has 0 fully saturated rings. The molecule has 0 atom stereocenters. The van der Waals surface area contributed by atoms with E-state index >= 15 is 0 Å². The van der Waals surface area contributed by atoms with Gasteiger partial charge in [0.1, 0.15) is 0 Å². The van der Waals surface area contributed by atoms with Gasteiger partial charge < -0.3 is 10.6 Å². The smallest absolute Gasteiger partial charge is 0.313 e. The highest BCUT2D eigenvalue weighted by molar-refractivity contribution is 5.36. The number of carbonyl (C=O) groups excluding carboxylic acids is 1. The number of hydroxylamine groups is 2. The molecular weight excluding hydrogens is 168 g/mol. The Morgan fingerprint density at radius 2 is 2.08 bits per heavy atom. The maximum Gasteiger partial charge on any atom is 0.313 e. The molecule has 13 heavy (non-hydrogen) atoms. The van der Waals surface area contributed by atoms with Crippen molar-refractivity contribution < 1.29 is 9.63 Å². The average molecular weight is 180 g/mol. The second-order valence-electron chi connectivity index (χ2n) is 2.51. The van der Waals surface area contributed by atoms with Gasteiger partial charge in [-0.3, -0.25) is 4.79 Å². The fraction of sp³-hybridized carbons (Fsp3) is 0.222. The van der Waals surface area contributed by atoms with Crippen LogP contribution < -0.4 is 5.73 Å². The molecule has 0 unspecified atom stereocenters. The third-order valence-electron chi connectivity index (χ3n) is 1.60. The standard InChI is InChI=1S/C9H12N2O2/c10-7-11(13-8-12)6-9-4-2-1-3-5-9/h1-5,8H,6-7,10H2. The van der Waals surface area contributed by atoms with Crippen molar-refractivity contribution in [2.45, 2.75) is 6.54 Å². The van der Waals surface area contributed by atoms with Crippen molar-refractivity contribution in [3.05, 3.63) is 35.9 Å². The molecule has 1 aromatic carbocycles. The molecule has 0 saturated carbocycles. The lowest BCUT2D eigenvalue weighted by Crippen LogP contribution is -2.29. The molecule has 0 saturated heterocycles. The van der Waals surface area contributed by atoms with Gasteiger partial charge in [0.15, 0.2) is 0 Å². The zero-order valence-corrected chi connectivity index (χ0v) is 7.22. The molecule has 2 N–H and O–H groups in total. The predicted molar refractivity (Wildman–Crippen MR) is 48.2 cm³/mol. The summed E-state index contributed by atoms with van der Waals surface area (Å²) < 4.78 is 0. The second-order valence-corrected chi connectivity index (χ2v) is 2.51. The first-order chi connectivity index (χ1) is 6.36. The molecular formula is C9H12N2O2. The summed E-state index contributed by atoms with van der Waals surface area (Å²) in [4.78, 5) is 14.7. The van der Waals surface area contributed by atoms with Gasteiger partial charge in [0.2, 0.25) is 0 Å². The van der Waals surface area contributed by atoms with Crippen molar-refractivity contribution in [1.29, 1.82) is 0 Å². The summed E-state index contributed by atoms with van der Waals surface area (Å²) in [6, 6.07) is 9.65. The Morgan fingerprint density at radius 1 is 1.38 bits per heavy atom. The van der Waals surface area contributed by atoms with Crippen molar-refractivity contribution in [3.63, 3.8) is 0 Å². The van der Waals surface area contributed by atoms with E-state index < -0.39 is 0 Å². The van der Waals surface area contributed by atoms with Gasteiger partial charge in [0.05, 0.1) is 13.2 Å². The molecule has 1 rings (SSSR count). The van der Waals surface area contributed by atoms with Crippen LogP contribution in [-0.4, -0.2) is 18.2 Å². The van der Waals surface area contributed by atoms with Crippen LogP contribution in [0.5, 0.6) is 0 Å². The van der Waals surface area contributed by atoms with Crippen LogP contribution in [-0.2, 0) is 16.2 Å². The zero-order valence-electron chi connectivity index (χ0n) is 7.22. The van der Waals surface area contributed by atoms with Crippen LogP contribution in [0.15, 0.2) is 30.3 Å². The molecule has 4 heteroatoms. The first kappa shape index (κ1) is 9.70. The summed E-state index contributed by atoms with van der Waals surface area (Å²) >= 11 is 0. The van der Waals surface area contributed by atoms with Gasteiger partial charge in [-0.2, -0.15) is 0 Å². The molecule has 4 nitrogen and oxygen atoms in total. The van der Waals surface area contributed by atoms with Crippen LogP contribution in [0, 0.1) is 0 Å². The Hall–Kier alpha value is -1.39. The normalized spacial score (nSPS) is 10.0. The summed E-state index contributed by atoms with van der Waals surface area (Å²) in [6.45, 7) is 1.07. The van der Waals surface area contributed by atoms with Gasteiger partial charge in [0, 0.05) is 0 Å². The molecule has 0 heterocycles. The maximum atomic E-state index is 10.0. The highest BCUT2D eigenvalue weighted by Crippen LogP contribution is 2.02. The van der Waals surface area contributed by atoms with Crippen LogP contribution in [0.2, 0.25) is 0 Å². The Bertz CT molecular complexity index is 251. The van der Waals surface area contributed by atoms with Gasteiger partial charge in [-0.1, -0.05) is 30.3 Å². The zero-order chi connectivity index (χ0) is 9.52. The van der Waals surface area contributed by atoms with Crippen LogP contribution in [0.4, 0.5) is 0 Å². The van der Waals surface area contributed by atoms with Crippen molar-refractivity contribution in [2.24, 2.45) is 5.73 Å². The third kappa shape index (κ3) is 3.23. The number of rotatable bonds is 5. The number of nitrogens with two attached hydrogens (primary N) is 1. The van der Waals surface area contributed by atoms with E-state index in [1.807, 2.05) is 30.3 Å². The van der Waals surface area contributed by atoms with E-state index in [0.29, 0.717) is 13.0 Å². The van der Waals surface area contributed by atoms with E-state index in [-0.39, 0.29) is 6.67 Å². The largest absolute Gasteiger partial charge is 0.369 e. The van der Waals surface area contributed by atoms with E-state index in [9.17, 15) is 4.79 Å². The Kier molecular flexibility index (Phi) is 3.95. The van der Waals surface area contributed by atoms with Crippen LogP contribution in [0.1, 0.15) is 5.56 Å². The summed E-state index contributed by atoms with van der Waals surface area (Å²) in [6.07, 6.45) is 0. The molecule has 0 aliphatic rings.